The molecule has 23 heavy (non-hydrogen) atoms. The lowest BCUT2D eigenvalue weighted by molar-refractivity contribution is -0.0300. The highest BCUT2D eigenvalue weighted by Crippen LogP contribution is 2.20. The molecule has 128 valence electrons. The highest BCUT2D eigenvalue weighted by atomic mass is 16.4. The summed E-state index contributed by atoms with van der Waals surface area (Å²) >= 11 is 0. The van der Waals surface area contributed by atoms with Crippen LogP contribution in [0.25, 0.3) is 0 Å². The number of hydrogen-bond donors (Lipinski definition) is 2. The van der Waals surface area contributed by atoms with E-state index in [4.69, 9.17) is 5.11 Å². The van der Waals surface area contributed by atoms with E-state index < -0.39 is 11.6 Å². The van der Waals surface area contributed by atoms with Gasteiger partial charge in [-0.2, -0.15) is 0 Å². The van der Waals surface area contributed by atoms with Crippen LogP contribution >= 0.6 is 0 Å². The Labute approximate surface area is 138 Å². The zero-order valence-corrected chi connectivity index (χ0v) is 14.5. The standard InChI is InChI=1S/C18H28N2O3/c1-13-9-19(10-14(2)20(13)12-18(3,4)23)11-15-5-7-16(8-6-15)17(21)22/h5-8,13-14,23H,9-12H2,1-4H3,(H,21,22)/t13-,14+. The molecule has 1 aromatic rings. The Balaban J connectivity index is 1.97. The number of β-amino-alcohol motifs (C(OH)–C–C–N with tert-alkyl or cyclic N) is 1. The van der Waals surface area contributed by atoms with Gasteiger partial charge in [0.1, 0.15) is 0 Å². The van der Waals surface area contributed by atoms with Crippen LogP contribution in [0, 0.1) is 0 Å². The van der Waals surface area contributed by atoms with Crippen molar-refractivity contribution in [2.24, 2.45) is 0 Å². The molecule has 0 spiro atoms. The largest absolute Gasteiger partial charge is 0.478 e. The van der Waals surface area contributed by atoms with Crippen LogP contribution in [0.4, 0.5) is 0 Å². The van der Waals surface area contributed by atoms with Crippen molar-refractivity contribution >= 4 is 5.97 Å². The maximum absolute atomic E-state index is 10.9. The number of hydrogen-bond acceptors (Lipinski definition) is 4. The monoisotopic (exact) mass is 320 g/mol. The maximum Gasteiger partial charge on any atom is 0.335 e. The molecule has 1 heterocycles. The molecule has 0 aliphatic carbocycles. The summed E-state index contributed by atoms with van der Waals surface area (Å²) in [4.78, 5) is 15.7. The molecule has 2 atom stereocenters. The van der Waals surface area contributed by atoms with Crippen molar-refractivity contribution in [3.63, 3.8) is 0 Å². The topological polar surface area (TPSA) is 64.0 Å². The summed E-state index contributed by atoms with van der Waals surface area (Å²) in [6.45, 7) is 11.5. The molecule has 5 nitrogen and oxygen atoms in total. The molecule has 1 fully saturated rings. The van der Waals surface area contributed by atoms with E-state index in [9.17, 15) is 9.90 Å². The molecule has 0 saturated carbocycles. The lowest BCUT2D eigenvalue weighted by Gasteiger charge is -2.46. The van der Waals surface area contributed by atoms with E-state index in [1.54, 1.807) is 12.1 Å². The number of nitrogens with zero attached hydrogens (tertiary/aromatic N) is 2. The summed E-state index contributed by atoms with van der Waals surface area (Å²) in [6, 6.07) is 7.86. The number of carboxylic acids is 1. The summed E-state index contributed by atoms with van der Waals surface area (Å²) < 4.78 is 0. The number of rotatable bonds is 5. The van der Waals surface area contributed by atoms with E-state index in [-0.39, 0.29) is 0 Å². The highest BCUT2D eigenvalue weighted by Gasteiger charge is 2.32. The first kappa shape index (κ1) is 17.9. The van der Waals surface area contributed by atoms with E-state index in [0.717, 1.165) is 25.2 Å². The van der Waals surface area contributed by atoms with Crippen molar-refractivity contribution in [2.45, 2.75) is 51.9 Å². The zero-order chi connectivity index (χ0) is 17.2. The van der Waals surface area contributed by atoms with Gasteiger partial charge < -0.3 is 10.2 Å². The third-order valence-electron chi connectivity index (χ3n) is 4.35. The number of carboxylic acid groups (broad SMARTS) is 1. The van der Waals surface area contributed by atoms with Crippen LogP contribution < -0.4 is 0 Å². The van der Waals surface area contributed by atoms with E-state index in [1.165, 1.54) is 0 Å². The zero-order valence-electron chi connectivity index (χ0n) is 14.5. The number of aromatic carboxylic acids is 1. The molecule has 0 aromatic heterocycles. The smallest absolute Gasteiger partial charge is 0.335 e. The molecular formula is C18H28N2O3. The molecule has 0 amide bonds. The molecule has 0 unspecified atom stereocenters. The van der Waals surface area contributed by atoms with Crippen molar-refractivity contribution in [1.29, 1.82) is 0 Å². The third-order valence-corrected chi connectivity index (χ3v) is 4.35. The van der Waals surface area contributed by atoms with E-state index in [1.807, 2.05) is 26.0 Å². The predicted octanol–water partition coefficient (Wildman–Crippen LogP) is 2.05. The first-order chi connectivity index (χ1) is 10.7. The number of aliphatic hydroxyl groups is 1. The predicted molar refractivity (Wildman–Crippen MR) is 90.6 cm³/mol. The van der Waals surface area contributed by atoms with Crippen LogP contribution in [0.5, 0.6) is 0 Å². The van der Waals surface area contributed by atoms with Gasteiger partial charge in [-0.05, 0) is 45.4 Å². The quantitative estimate of drug-likeness (QED) is 0.869. The minimum Gasteiger partial charge on any atom is -0.478 e. The van der Waals surface area contributed by atoms with Crippen LogP contribution in [0.1, 0.15) is 43.6 Å². The number of piperazine rings is 1. The Bertz CT molecular complexity index is 524. The molecule has 2 rings (SSSR count). The molecule has 1 aliphatic heterocycles. The summed E-state index contributed by atoms with van der Waals surface area (Å²) in [5.74, 6) is -0.890. The van der Waals surface area contributed by atoms with E-state index in [2.05, 4.69) is 23.6 Å². The van der Waals surface area contributed by atoms with Crippen molar-refractivity contribution in [3.8, 4) is 0 Å². The van der Waals surface area contributed by atoms with Crippen LogP contribution in [0.2, 0.25) is 0 Å². The first-order valence-electron chi connectivity index (χ1n) is 8.18. The maximum atomic E-state index is 10.9. The second-order valence-electron chi connectivity index (χ2n) is 7.38. The Morgan fingerprint density at radius 1 is 1.17 bits per heavy atom. The van der Waals surface area contributed by atoms with Gasteiger partial charge in [-0.1, -0.05) is 12.1 Å². The van der Waals surface area contributed by atoms with E-state index >= 15 is 0 Å². The van der Waals surface area contributed by atoms with Gasteiger partial charge in [0, 0.05) is 38.3 Å². The van der Waals surface area contributed by atoms with Gasteiger partial charge >= 0.3 is 5.97 Å². The summed E-state index contributed by atoms with van der Waals surface area (Å²) in [6.07, 6.45) is 0. The average molecular weight is 320 g/mol. The Morgan fingerprint density at radius 3 is 2.13 bits per heavy atom. The molecule has 1 saturated heterocycles. The summed E-state index contributed by atoms with van der Waals surface area (Å²) in [5.41, 5.74) is 0.771. The molecule has 1 aromatic carbocycles. The number of carbonyl (C=O) groups is 1. The van der Waals surface area contributed by atoms with Gasteiger partial charge in [0.2, 0.25) is 0 Å². The van der Waals surface area contributed by atoms with Gasteiger partial charge in [0.05, 0.1) is 11.2 Å². The minimum atomic E-state index is -0.890. The van der Waals surface area contributed by atoms with Crippen LogP contribution in [0.15, 0.2) is 24.3 Å². The van der Waals surface area contributed by atoms with E-state index in [0.29, 0.717) is 24.2 Å². The van der Waals surface area contributed by atoms with Crippen LogP contribution in [-0.4, -0.2) is 63.3 Å². The SMILES string of the molecule is C[C@@H]1CN(Cc2ccc(C(=O)O)cc2)C[C@H](C)N1CC(C)(C)O. The first-order valence-corrected chi connectivity index (χ1v) is 8.18. The Morgan fingerprint density at radius 2 is 1.70 bits per heavy atom. The minimum absolute atomic E-state index is 0.325. The molecular weight excluding hydrogens is 292 g/mol. The summed E-state index contributed by atoms with van der Waals surface area (Å²) in [5, 5.41) is 19.0. The number of benzene rings is 1. The van der Waals surface area contributed by atoms with Crippen LogP contribution in [0.3, 0.4) is 0 Å². The normalized spacial score (nSPS) is 23.9. The fourth-order valence-corrected chi connectivity index (χ4v) is 3.36. The fraction of sp³-hybridized carbons (Fsp3) is 0.611. The molecule has 2 N–H and O–H groups in total. The van der Waals surface area contributed by atoms with Gasteiger partial charge in [-0.3, -0.25) is 9.80 Å². The second-order valence-corrected chi connectivity index (χ2v) is 7.38. The van der Waals surface area contributed by atoms with Crippen molar-refractivity contribution in [1.82, 2.24) is 9.80 Å². The van der Waals surface area contributed by atoms with Crippen LogP contribution in [-0.2, 0) is 6.54 Å². The Hall–Kier alpha value is -1.43. The van der Waals surface area contributed by atoms with Crippen molar-refractivity contribution in [2.75, 3.05) is 19.6 Å². The van der Waals surface area contributed by atoms with Crippen molar-refractivity contribution in [3.05, 3.63) is 35.4 Å². The molecule has 0 radical (unpaired) electrons. The lowest BCUT2D eigenvalue weighted by atomic mass is 10.0. The Kier molecular flexibility index (Phi) is 5.45. The van der Waals surface area contributed by atoms with Crippen molar-refractivity contribution < 1.29 is 15.0 Å². The van der Waals surface area contributed by atoms with Gasteiger partial charge in [0.15, 0.2) is 0 Å². The fourth-order valence-electron chi connectivity index (χ4n) is 3.36. The molecule has 1 aliphatic rings. The average Bonchev–Trinajstić information content (AvgIpc) is 2.42. The molecule has 5 heteroatoms. The highest BCUT2D eigenvalue weighted by molar-refractivity contribution is 5.87. The third kappa shape index (κ3) is 5.03. The van der Waals surface area contributed by atoms with Gasteiger partial charge in [-0.15, -0.1) is 0 Å². The molecule has 0 bridgehead atoms. The van der Waals surface area contributed by atoms with Gasteiger partial charge in [-0.25, -0.2) is 4.79 Å². The second kappa shape index (κ2) is 6.99. The summed E-state index contributed by atoms with van der Waals surface area (Å²) in [7, 11) is 0. The van der Waals surface area contributed by atoms with Gasteiger partial charge in [0.25, 0.3) is 0 Å². The lowest BCUT2D eigenvalue weighted by Crippen LogP contribution is -2.59.